The minimum Gasteiger partial charge on any atom is -1.00 e. The molecule has 0 radical (unpaired) electrons. The molecule has 0 aliphatic carbocycles. The third-order valence-electron chi connectivity index (χ3n) is 0. The predicted molar refractivity (Wildman–Crippen MR) is 17.8 cm³/mol. The van der Waals surface area contributed by atoms with Gasteiger partial charge in [-0.25, -0.2) is 4.57 Å². The Balaban J connectivity index is -0.00000000667. The Bertz CT molecular complexity index is 19.0. The summed E-state index contributed by atoms with van der Waals surface area (Å²) >= 11 is 0. The van der Waals surface area contributed by atoms with Gasteiger partial charge in [-0.2, -0.15) is 0 Å². The van der Waals surface area contributed by atoms with Crippen LogP contribution >= 0.6 is 8.69 Å². The quantitative estimate of drug-likeness (QED) is 0.325. The first-order valence-corrected chi connectivity index (χ1v) is 1.15. The van der Waals surface area contributed by atoms with E-state index in [0.717, 1.165) is 0 Å². The SMILES string of the molecule is O=PO.[Be+2].[H-].[H-]. The molecule has 0 unspecified atom stereocenters. The van der Waals surface area contributed by atoms with Gasteiger partial charge in [-0.3, -0.25) is 0 Å². The van der Waals surface area contributed by atoms with Crippen molar-refractivity contribution in [3.05, 3.63) is 0 Å². The first-order chi connectivity index (χ1) is 1.41. The number of hydrogen-bond acceptors (Lipinski definition) is 1. The molecular formula is H3BeO2P. The maximum atomic E-state index is 8.46. The van der Waals surface area contributed by atoms with Crippen molar-refractivity contribution in [2.75, 3.05) is 0 Å². The van der Waals surface area contributed by atoms with Gasteiger partial charge in [-0.1, -0.05) is 0 Å². The largest absolute Gasteiger partial charge is 2.00 e. The third-order valence-corrected chi connectivity index (χ3v) is 0. The van der Waals surface area contributed by atoms with Crippen LogP contribution in [0.5, 0.6) is 0 Å². The van der Waals surface area contributed by atoms with Gasteiger partial charge >= 0.3 is 18.8 Å². The average Bonchev–Trinajstić information content (AvgIpc) is 0.918. The molecule has 22 valence electrons. The van der Waals surface area contributed by atoms with Gasteiger partial charge < -0.3 is 7.75 Å². The number of rotatable bonds is 0. The van der Waals surface area contributed by atoms with Gasteiger partial charge in [-0.15, -0.1) is 0 Å². The molecule has 0 saturated carbocycles. The first kappa shape index (κ1) is 8.87. The fourth-order valence-electron chi connectivity index (χ4n) is 0. The van der Waals surface area contributed by atoms with E-state index in [0.29, 0.717) is 0 Å². The van der Waals surface area contributed by atoms with E-state index < -0.39 is 8.69 Å². The molecule has 2 nitrogen and oxygen atoms in total. The van der Waals surface area contributed by atoms with Gasteiger partial charge in [0.2, 0.25) is 0 Å². The zero-order valence-corrected chi connectivity index (χ0v) is 2.90. The van der Waals surface area contributed by atoms with Crippen molar-refractivity contribution in [1.82, 2.24) is 0 Å². The second-order valence-electron chi connectivity index (χ2n) is 0.0816. The van der Waals surface area contributed by atoms with E-state index in [1.807, 2.05) is 0 Å². The predicted octanol–water partition coefficient (Wildman–Crippen LogP) is 0.0296. The van der Waals surface area contributed by atoms with Crippen molar-refractivity contribution in [1.29, 1.82) is 0 Å². The summed E-state index contributed by atoms with van der Waals surface area (Å²) in [6.07, 6.45) is 0. The summed E-state index contributed by atoms with van der Waals surface area (Å²) in [4.78, 5) is 6.99. The molecule has 0 aromatic rings. The molecular weight excluding hydrogens is 72.0 g/mol. The van der Waals surface area contributed by atoms with E-state index >= 15 is 0 Å². The average molecular weight is 75.0 g/mol. The van der Waals surface area contributed by atoms with Crippen molar-refractivity contribution < 1.29 is 12.3 Å². The molecule has 1 N–H and O–H groups in total. The summed E-state index contributed by atoms with van der Waals surface area (Å²) in [7, 11) is -0.833. The minimum absolute atomic E-state index is 0. The van der Waals surface area contributed by atoms with Crippen LogP contribution in [0.3, 0.4) is 0 Å². The molecule has 0 aliphatic rings. The van der Waals surface area contributed by atoms with E-state index in [1.54, 1.807) is 0 Å². The van der Waals surface area contributed by atoms with Crippen molar-refractivity contribution in [3.63, 3.8) is 0 Å². The Morgan fingerprint density at radius 1 is 2.00 bits per heavy atom. The molecule has 0 rings (SSSR count). The van der Waals surface area contributed by atoms with Gasteiger partial charge in [0.05, 0.1) is 0 Å². The normalized spacial score (nSPS) is 5.25. The molecule has 0 aliphatic heterocycles. The second-order valence-corrected chi connectivity index (χ2v) is 0.245. The minimum atomic E-state index is -0.833. The van der Waals surface area contributed by atoms with E-state index in [9.17, 15) is 0 Å². The zero-order chi connectivity index (χ0) is 2.71. The molecule has 0 fully saturated rings. The summed E-state index contributed by atoms with van der Waals surface area (Å²) in [6.45, 7) is 0. The smallest absolute Gasteiger partial charge is 1.00 e. The van der Waals surface area contributed by atoms with Crippen molar-refractivity contribution in [2.45, 2.75) is 0 Å². The molecule has 0 aromatic heterocycles. The zero-order valence-electron chi connectivity index (χ0n) is 4.01. The first-order valence-electron chi connectivity index (χ1n) is 0.383. The molecule has 0 aromatic carbocycles. The van der Waals surface area contributed by atoms with Gasteiger partial charge in [0.1, 0.15) is 0 Å². The molecule has 0 bridgehead atoms. The van der Waals surface area contributed by atoms with E-state index in [2.05, 4.69) is 0 Å². The second kappa shape index (κ2) is 10.6. The van der Waals surface area contributed by atoms with E-state index in [4.69, 9.17) is 9.46 Å². The summed E-state index contributed by atoms with van der Waals surface area (Å²) < 4.78 is 8.46. The van der Waals surface area contributed by atoms with Gasteiger partial charge in [-0.05, 0) is 0 Å². The molecule has 0 atom stereocenters. The van der Waals surface area contributed by atoms with Crippen LogP contribution in [-0.2, 0) is 4.57 Å². The Morgan fingerprint density at radius 3 is 2.00 bits per heavy atom. The molecule has 0 amide bonds. The Morgan fingerprint density at radius 2 is 2.00 bits per heavy atom. The standard InChI is InChI=1S/Be.HO2P.2H/c;1-3-2;;/h;(H,1,2);;/q+2;;2*-1. The molecule has 4 heteroatoms. The monoisotopic (exact) mass is 75.0 g/mol. The fourth-order valence-corrected chi connectivity index (χ4v) is 0. The van der Waals surface area contributed by atoms with Crippen LogP contribution in [0.25, 0.3) is 0 Å². The van der Waals surface area contributed by atoms with Crippen LogP contribution in [-0.4, -0.2) is 15.0 Å². The van der Waals surface area contributed by atoms with Crippen molar-refractivity contribution >= 4 is 18.8 Å². The number of hydrogen-bond donors (Lipinski definition) is 1. The third kappa shape index (κ3) is 64.3. The van der Waals surface area contributed by atoms with E-state index in [1.165, 1.54) is 0 Å². The van der Waals surface area contributed by atoms with Crippen LogP contribution in [0.4, 0.5) is 0 Å². The van der Waals surface area contributed by atoms with Gasteiger partial charge in [0.15, 0.2) is 0 Å². The fraction of sp³-hybridized carbons (Fsp3) is 0. The van der Waals surface area contributed by atoms with Crippen LogP contribution in [0.2, 0.25) is 0 Å². The van der Waals surface area contributed by atoms with Gasteiger partial charge in [0, 0.05) is 0 Å². The summed E-state index contributed by atoms with van der Waals surface area (Å²) in [5.74, 6) is 0. The topological polar surface area (TPSA) is 37.3 Å². The molecule has 0 saturated heterocycles. The summed E-state index contributed by atoms with van der Waals surface area (Å²) in [5, 5.41) is 0. The molecule has 4 heavy (non-hydrogen) atoms. The van der Waals surface area contributed by atoms with Crippen LogP contribution < -0.4 is 0 Å². The maximum Gasteiger partial charge on any atom is 2.00 e. The summed E-state index contributed by atoms with van der Waals surface area (Å²) in [5.41, 5.74) is 0. The van der Waals surface area contributed by atoms with Crippen molar-refractivity contribution in [2.24, 2.45) is 0 Å². The summed E-state index contributed by atoms with van der Waals surface area (Å²) in [6, 6.07) is 0. The van der Waals surface area contributed by atoms with Crippen LogP contribution in [0, 0.1) is 0 Å². The van der Waals surface area contributed by atoms with E-state index in [-0.39, 0.29) is 13.0 Å². The molecule has 0 spiro atoms. The van der Waals surface area contributed by atoms with Crippen LogP contribution in [0.15, 0.2) is 0 Å². The molecule has 0 heterocycles. The van der Waals surface area contributed by atoms with Gasteiger partial charge in [0.25, 0.3) is 0 Å². The Labute approximate surface area is 32.3 Å². The van der Waals surface area contributed by atoms with Crippen LogP contribution in [0.1, 0.15) is 2.85 Å². The maximum absolute atomic E-state index is 8.46. The van der Waals surface area contributed by atoms with Crippen molar-refractivity contribution in [3.8, 4) is 0 Å². The Hall–Kier alpha value is 0.229. The Kier molecular flexibility index (Phi) is 23.6.